The summed E-state index contributed by atoms with van der Waals surface area (Å²) >= 11 is 0. The van der Waals surface area contributed by atoms with E-state index in [4.69, 9.17) is 4.74 Å². The second kappa shape index (κ2) is 8.22. The summed E-state index contributed by atoms with van der Waals surface area (Å²) in [7, 11) is 2.10. The van der Waals surface area contributed by atoms with Crippen molar-refractivity contribution in [2.75, 3.05) is 20.2 Å². The number of hydrogen-bond acceptors (Lipinski definition) is 3. The normalized spacial score (nSPS) is 10.6. The topological polar surface area (TPSA) is 25.4 Å². The Kier molecular flexibility index (Phi) is 5.98. The van der Waals surface area contributed by atoms with Gasteiger partial charge in [-0.3, -0.25) is 9.88 Å². The van der Waals surface area contributed by atoms with Crippen LogP contribution in [0.1, 0.15) is 11.1 Å². The summed E-state index contributed by atoms with van der Waals surface area (Å²) in [6.07, 6.45) is 6.39. The molecule has 0 aliphatic rings. The average Bonchev–Trinajstić information content (AvgIpc) is 2.50. The molecule has 0 amide bonds. The van der Waals surface area contributed by atoms with Crippen LogP contribution in [0, 0.1) is 0 Å². The highest BCUT2D eigenvalue weighted by Gasteiger charge is 2.03. The Balaban J connectivity index is 1.80. The number of para-hydroxylation sites is 1. The summed E-state index contributed by atoms with van der Waals surface area (Å²) in [5.41, 5.74) is 2.45. The van der Waals surface area contributed by atoms with Crippen LogP contribution in [-0.4, -0.2) is 30.1 Å². The Hall–Kier alpha value is -2.13. The van der Waals surface area contributed by atoms with Gasteiger partial charge in [0.25, 0.3) is 0 Å². The predicted octanol–water partition coefficient (Wildman–Crippen LogP) is 3.32. The lowest BCUT2D eigenvalue weighted by molar-refractivity contribution is 0.231. The van der Waals surface area contributed by atoms with Crippen LogP contribution >= 0.6 is 0 Å². The van der Waals surface area contributed by atoms with Gasteiger partial charge in [0.2, 0.25) is 0 Å². The molecule has 0 spiro atoms. The summed E-state index contributed by atoms with van der Waals surface area (Å²) in [5.74, 6) is 0.953. The van der Waals surface area contributed by atoms with E-state index in [1.54, 1.807) is 0 Å². The fraction of sp³-hybridized carbons (Fsp3) is 0.278. The summed E-state index contributed by atoms with van der Waals surface area (Å²) in [6, 6.07) is 12.2. The summed E-state index contributed by atoms with van der Waals surface area (Å²) < 4.78 is 5.90. The fourth-order valence-corrected chi connectivity index (χ4v) is 2.16. The van der Waals surface area contributed by atoms with Crippen molar-refractivity contribution >= 4 is 0 Å². The molecule has 0 N–H and O–H groups in total. The van der Waals surface area contributed by atoms with E-state index in [9.17, 15) is 0 Å². The Morgan fingerprint density at radius 3 is 2.71 bits per heavy atom. The molecule has 0 fully saturated rings. The van der Waals surface area contributed by atoms with E-state index in [1.807, 2.05) is 48.8 Å². The Morgan fingerprint density at radius 1 is 1.19 bits per heavy atom. The maximum absolute atomic E-state index is 5.90. The van der Waals surface area contributed by atoms with Crippen molar-refractivity contribution in [3.63, 3.8) is 0 Å². The zero-order valence-corrected chi connectivity index (χ0v) is 12.5. The molecule has 0 saturated heterocycles. The van der Waals surface area contributed by atoms with Crippen molar-refractivity contribution in [3.05, 3.63) is 72.6 Å². The first-order valence-electron chi connectivity index (χ1n) is 7.18. The van der Waals surface area contributed by atoms with Crippen molar-refractivity contribution in [3.8, 4) is 5.75 Å². The van der Waals surface area contributed by atoms with E-state index in [0.717, 1.165) is 25.3 Å². The number of ether oxygens (including phenoxy) is 1. The maximum atomic E-state index is 5.90. The number of nitrogens with zero attached hydrogens (tertiary/aromatic N) is 2. The van der Waals surface area contributed by atoms with E-state index in [-0.39, 0.29) is 0 Å². The van der Waals surface area contributed by atoms with Gasteiger partial charge in [0.15, 0.2) is 0 Å². The molecular weight excluding hydrogens is 260 g/mol. The van der Waals surface area contributed by atoms with Crippen LogP contribution in [0.4, 0.5) is 0 Å². The number of allylic oxidation sites excluding steroid dienone is 1. The molecule has 2 rings (SSSR count). The second-order valence-corrected chi connectivity index (χ2v) is 5.04. The quantitative estimate of drug-likeness (QED) is 0.695. The van der Waals surface area contributed by atoms with Gasteiger partial charge in [-0.05, 0) is 42.8 Å². The summed E-state index contributed by atoms with van der Waals surface area (Å²) in [6.45, 7) is 6.24. The lowest BCUT2D eigenvalue weighted by atomic mass is 10.1. The molecular formula is C18H22N2O. The Bertz CT molecular complexity index is 554. The molecule has 2 aromatic rings. The smallest absolute Gasteiger partial charge is 0.122 e. The van der Waals surface area contributed by atoms with Gasteiger partial charge < -0.3 is 4.74 Å². The van der Waals surface area contributed by atoms with E-state index in [1.165, 1.54) is 11.1 Å². The fourth-order valence-electron chi connectivity index (χ4n) is 2.16. The molecule has 21 heavy (non-hydrogen) atoms. The van der Waals surface area contributed by atoms with Crippen molar-refractivity contribution in [1.82, 2.24) is 9.88 Å². The molecule has 0 saturated carbocycles. The van der Waals surface area contributed by atoms with Gasteiger partial charge in [0.05, 0.1) is 0 Å². The summed E-state index contributed by atoms with van der Waals surface area (Å²) in [5, 5.41) is 0. The number of aromatic nitrogens is 1. The number of benzene rings is 1. The van der Waals surface area contributed by atoms with Gasteiger partial charge >= 0.3 is 0 Å². The van der Waals surface area contributed by atoms with Gasteiger partial charge in [-0.25, -0.2) is 0 Å². The molecule has 0 aliphatic carbocycles. The zero-order valence-electron chi connectivity index (χ0n) is 12.5. The first kappa shape index (κ1) is 15.3. The molecule has 0 atom stereocenters. The van der Waals surface area contributed by atoms with Gasteiger partial charge in [0, 0.05) is 25.5 Å². The van der Waals surface area contributed by atoms with Crippen LogP contribution in [0.2, 0.25) is 0 Å². The lowest BCUT2D eigenvalue weighted by Gasteiger charge is -2.17. The second-order valence-electron chi connectivity index (χ2n) is 5.04. The van der Waals surface area contributed by atoms with Crippen LogP contribution in [0.5, 0.6) is 5.75 Å². The largest absolute Gasteiger partial charge is 0.492 e. The number of rotatable bonds is 8. The average molecular weight is 282 g/mol. The molecule has 0 bridgehead atoms. The molecule has 1 aromatic carbocycles. The monoisotopic (exact) mass is 282 g/mol. The van der Waals surface area contributed by atoms with Crippen molar-refractivity contribution in [2.24, 2.45) is 0 Å². The molecule has 0 unspecified atom stereocenters. The van der Waals surface area contributed by atoms with Crippen LogP contribution in [0.25, 0.3) is 0 Å². The molecule has 0 radical (unpaired) electrons. The highest BCUT2D eigenvalue weighted by molar-refractivity contribution is 5.34. The van der Waals surface area contributed by atoms with E-state index < -0.39 is 0 Å². The minimum absolute atomic E-state index is 0.676. The molecule has 1 aromatic heterocycles. The zero-order chi connectivity index (χ0) is 14.9. The molecule has 0 aliphatic heterocycles. The van der Waals surface area contributed by atoms with Crippen LogP contribution < -0.4 is 4.74 Å². The standard InChI is InChI=1S/C18H22N2O/c1-3-6-17-7-4-5-8-18(17)21-14-13-20(2)15-16-9-11-19-12-10-16/h3-5,7-12H,1,6,13-15H2,2H3. The lowest BCUT2D eigenvalue weighted by Crippen LogP contribution is -2.24. The SMILES string of the molecule is C=CCc1ccccc1OCCN(C)Cc1ccncc1. The van der Waals surface area contributed by atoms with Crippen molar-refractivity contribution in [1.29, 1.82) is 0 Å². The first-order valence-corrected chi connectivity index (χ1v) is 7.18. The third-order valence-corrected chi connectivity index (χ3v) is 3.27. The van der Waals surface area contributed by atoms with Crippen LogP contribution in [0.15, 0.2) is 61.4 Å². The minimum atomic E-state index is 0.676. The third-order valence-electron chi connectivity index (χ3n) is 3.27. The highest BCUT2D eigenvalue weighted by atomic mass is 16.5. The number of hydrogen-bond donors (Lipinski definition) is 0. The van der Waals surface area contributed by atoms with Gasteiger partial charge in [-0.1, -0.05) is 24.3 Å². The Labute approximate surface area is 126 Å². The third kappa shape index (κ3) is 5.04. The number of likely N-dealkylation sites (N-methyl/N-ethyl adjacent to an activating group) is 1. The molecule has 3 nitrogen and oxygen atoms in total. The molecule has 3 heteroatoms. The minimum Gasteiger partial charge on any atom is -0.492 e. The molecule has 1 heterocycles. The van der Waals surface area contributed by atoms with Crippen molar-refractivity contribution < 1.29 is 4.74 Å². The van der Waals surface area contributed by atoms with Gasteiger partial charge in [-0.2, -0.15) is 0 Å². The molecule has 110 valence electrons. The Morgan fingerprint density at radius 2 is 1.95 bits per heavy atom. The highest BCUT2D eigenvalue weighted by Crippen LogP contribution is 2.18. The van der Waals surface area contributed by atoms with E-state index in [0.29, 0.717) is 6.61 Å². The first-order chi connectivity index (χ1) is 10.3. The van der Waals surface area contributed by atoms with Crippen LogP contribution in [-0.2, 0) is 13.0 Å². The van der Waals surface area contributed by atoms with E-state index in [2.05, 4.69) is 29.6 Å². The summed E-state index contributed by atoms with van der Waals surface area (Å²) in [4.78, 5) is 6.27. The number of pyridine rings is 1. The predicted molar refractivity (Wildman–Crippen MR) is 86.4 cm³/mol. The van der Waals surface area contributed by atoms with Gasteiger partial charge in [-0.15, -0.1) is 6.58 Å². The maximum Gasteiger partial charge on any atom is 0.122 e. The van der Waals surface area contributed by atoms with Crippen molar-refractivity contribution in [2.45, 2.75) is 13.0 Å². The van der Waals surface area contributed by atoms with E-state index >= 15 is 0 Å². The van der Waals surface area contributed by atoms with Gasteiger partial charge in [0.1, 0.15) is 12.4 Å². The van der Waals surface area contributed by atoms with Crippen LogP contribution in [0.3, 0.4) is 0 Å².